The summed E-state index contributed by atoms with van der Waals surface area (Å²) >= 11 is 0. The molecule has 2 amide bonds. The number of carbonyl (C=O) groups excluding carboxylic acids is 2. The van der Waals surface area contributed by atoms with E-state index in [9.17, 15) is 9.59 Å². The molecule has 2 rings (SSSR count). The van der Waals surface area contributed by atoms with Crippen molar-refractivity contribution in [2.24, 2.45) is 5.92 Å². The first-order valence-electron chi connectivity index (χ1n) is 5.80. The van der Waals surface area contributed by atoms with E-state index in [0.29, 0.717) is 17.7 Å². The van der Waals surface area contributed by atoms with Crippen LogP contribution in [0.4, 0.5) is 5.69 Å². The molecule has 0 aliphatic carbocycles. The van der Waals surface area contributed by atoms with Crippen LogP contribution in [0.2, 0.25) is 0 Å². The van der Waals surface area contributed by atoms with Crippen molar-refractivity contribution in [1.29, 1.82) is 0 Å². The summed E-state index contributed by atoms with van der Waals surface area (Å²) in [6, 6.07) is 9.07. The summed E-state index contributed by atoms with van der Waals surface area (Å²) in [7, 11) is 0. The maximum Gasteiger partial charge on any atom is 0.261 e. The number of hydrogen-bond donors (Lipinski definition) is 0. The zero-order valence-corrected chi connectivity index (χ0v) is 10.0. The Bertz CT molecular complexity index is 476. The van der Waals surface area contributed by atoms with Gasteiger partial charge in [-0.15, -0.1) is 0 Å². The lowest BCUT2D eigenvalue weighted by atomic mass is 9.99. The molecule has 3 heteroatoms. The molecule has 1 aromatic rings. The molecule has 0 aromatic heterocycles. The number of allylic oxidation sites excluding steroid dienone is 1. The summed E-state index contributed by atoms with van der Waals surface area (Å²) in [6.07, 6.45) is 2.41. The maximum absolute atomic E-state index is 12.2. The van der Waals surface area contributed by atoms with E-state index in [1.165, 1.54) is 4.90 Å². The molecule has 0 N–H and O–H groups in total. The number of nitrogens with zero attached hydrogens (tertiary/aromatic N) is 1. The lowest BCUT2D eigenvalue weighted by molar-refractivity contribution is -0.122. The fourth-order valence-electron chi connectivity index (χ4n) is 2.21. The van der Waals surface area contributed by atoms with Gasteiger partial charge in [0, 0.05) is 5.57 Å². The van der Waals surface area contributed by atoms with Crippen LogP contribution in [0.1, 0.15) is 20.3 Å². The smallest absolute Gasteiger partial charge is 0.261 e. The molecule has 1 fully saturated rings. The van der Waals surface area contributed by atoms with Crippen molar-refractivity contribution in [2.45, 2.75) is 20.3 Å². The van der Waals surface area contributed by atoms with Gasteiger partial charge in [-0.2, -0.15) is 0 Å². The highest BCUT2D eigenvalue weighted by molar-refractivity contribution is 6.29. The Kier molecular flexibility index (Phi) is 3.09. The van der Waals surface area contributed by atoms with Crippen molar-refractivity contribution in [1.82, 2.24) is 0 Å². The highest BCUT2D eigenvalue weighted by Crippen LogP contribution is 2.31. The minimum absolute atomic E-state index is 0.114. The summed E-state index contributed by atoms with van der Waals surface area (Å²) < 4.78 is 0. The molecule has 1 heterocycles. The minimum atomic E-state index is -0.285. The van der Waals surface area contributed by atoms with E-state index in [-0.39, 0.29) is 17.7 Å². The van der Waals surface area contributed by atoms with E-state index in [1.54, 1.807) is 25.1 Å². The molecule has 17 heavy (non-hydrogen) atoms. The molecule has 0 radical (unpaired) electrons. The van der Waals surface area contributed by atoms with Crippen LogP contribution in [-0.2, 0) is 9.59 Å². The molecule has 1 saturated heterocycles. The lowest BCUT2D eigenvalue weighted by Crippen LogP contribution is -2.30. The number of amides is 2. The number of anilines is 1. The van der Waals surface area contributed by atoms with Crippen molar-refractivity contribution >= 4 is 17.5 Å². The molecule has 1 aliphatic rings. The third-order valence-electron chi connectivity index (χ3n) is 3.08. The maximum atomic E-state index is 12.2. The van der Waals surface area contributed by atoms with Crippen LogP contribution >= 0.6 is 0 Å². The van der Waals surface area contributed by atoms with Crippen LogP contribution in [0.5, 0.6) is 0 Å². The molecule has 3 nitrogen and oxygen atoms in total. The van der Waals surface area contributed by atoms with Crippen molar-refractivity contribution in [3.8, 4) is 0 Å². The van der Waals surface area contributed by atoms with Gasteiger partial charge in [-0.05, 0) is 25.5 Å². The normalized spacial score (nSPS) is 22.6. The molecule has 0 saturated carbocycles. The Balaban J connectivity index is 2.44. The van der Waals surface area contributed by atoms with Gasteiger partial charge in [-0.3, -0.25) is 9.59 Å². The Hall–Kier alpha value is -1.90. The second-order valence-corrected chi connectivity index (χ2v) is 4.02. The molecule has 1 aliphatic heterocycles. The summed E-state index contributed by atoms with van der Waals surface area (Å²) in [5.41, 5.74) is 1.26. The number of imide groups is 1. The third-order valence-corrected chi connectivity index (χ3v) is 3.08. The second kappa shape index (κ2) is 4.53. The minimum Gasteiger partial charge on any atom is -0.273 e. The van der Waals surface area contributed by atoms with Gasteiger partial charge in [-0.1, -0.05) is 31.2 Å². The second-order valence-electron chi connectivity index (χ2n) is 4.02. The largest absolute Gasteiger partial charge is 0.273 e. The Morgan fingerprint density at radius 3 is 2.35 bits per heavy atom. The Labute approximate surface area is 101 Å². The van der Waals surface area contributed by atoms with Crippen LogP contribution < -0.4 is 4.90 Å². The topological polar surface area (TPSA) is 37.4 Å². The van der Waals surface area contributed by atoms with Crippen molar-refractivity contribution in [2.75, 3.05) is 4.90 Å². The van der Waals surface area contributed by atoms with E-state index in [0.717, 1.165) is 0 Å². The van der Waals surface area contributed by atoms with E-state index in [4.69, 9.17) is 0 Å². The van der Waals surface area contributed by atoms with E-state index in [1.807, 2.05) is 25.1 Å². The first-order valence-corrected chi connectivity index (χ1v) is 5.80. The average molecular weight is 229 g/mol. The molecular formula is C14H15NO2. The summed E-state index contributed by atoms with van der Waals surface area (Å²) in [5, 5.41) is 0. The molecule has 0 bridgehead atoms. The summed E-state index contributed by atoms with van der Waals surface area (Å²) in [6.45, 7) is 3.73. The average Bonchev–Trinajstić information content (AvgIpc) is 2.60. The number of hydrogen-bond acceptors (Lipinski definition) is 2. The van der Waals surface area contributed by atoms with Crippen molar-refractivity contribution in [3.63, 3.8) is 0 Å². The standard InChI is InChI=1S/C14H15NO2/c1-3-11-12(4-2)14(17)15(13(11)16)10-8-6-5-7-9-10/h3,5-9,12H,4H2,1-2H3/b11-3-. The van der Waals surface area contributed by atoms with Crippen LogP contribution in [0, 0.1) is 5.92 Å². The lowest BCUT2D eigenvalue weighted by Gasteiger charge is -2.13. The third kappa shape index (κ3) is 1.78. The Morgan fingerprint density at radius 1 is 1.24 bits per heavy atom. The van der Waals surface area contributed by atoms with Gasteiger partial charge in [0.15, 0.2) is 0 Å². The molecule has 88 valence electrons. The van der Waals surface area contributed by atoms with E-state index < -0.39 is 0 Å². The summed E-state index contributed by atoms with van der Waals surface area (Å²) in [4.78, 5) is 25.6. The predicted molar refractivity (Wildman–Crippen MR) is 66.5 cm³/mol. The van der Waals surface area contributed by atoms with Crippen LogP contribution in [0.3, 0.4) is 0 Å². The number of benzene rings is 1. The first-order chi connectivity index (χ1) is 8.20. The van der Waals surface area contributed by atoms with Gasteiger partial charge in [-0.25, -0.2) is 4.90 Å². The molecular weight excluding hydrogens is 214 g/mol. The van der Waals surface area contributed by atoms with Crippen LogP contribution in [0.25, 0.3) is 0 Å². The fraction of sp³-hybridized carbons (Fsp3) is 0.286. The van der Waals surface area contributed by atoms with Crippen molar-refractivity contribution in [3.05, 3.63) is 42.0 Å². The number of para-hydroxylation sites is 1. The van der Waals surface area contributed by atoms with E-state index >= 15 is 0 Å². The van der Waals surface area contributed by atoms with Gasteiger partial charge >= 0.3 is 0 Å². The van der Waals surface area contributed by atoms with Gasteiger partial charge < -0.3 is 0 Å². The monoisotopic (exact) mass is 229 g/mol. The van der Waals surface area contributed by atoms with Gasteiger partial charge in [0.1, 0.15) is 0 Å². The van der Waals surface area contributed by atoms with Crippen LogP contribution in [0.15, 0.2) is 42.0 Å². The Morgan fingerprint density at radius 2 is 1.88 bits per heavy atom. The van der Waals surface area contributed by atoms with Gasteiger partial charge in [0.05, 0.1) is 11.6 Å². The number of rotatable bonds is 2. The van der Waals surface area contributed by atoms with Gasteiger partial charge in [0.2, 0.25) is 5.91 Å². The van der Waals surface area contributed by atoms with Gasteiger partial charge in [0.25, 0.3) is 5.91 Å². The number of carbonyl (C=O) groups is 2. The first kappa shape index (κ1) is 11.6. The predicted octanol–water partition coefficient (Wildman–Crippen LogP) is 2.53. The fourth-order valence-corrected chi connectivity index (χ4v) is 2.21. The SMILES string of the molecule is C/C=C1\C(=O)N(c2ccccc2)C(=O)C1CC. The van der Waals surface area contributed by atoms with E-state index in [2.05, 4.69) is 0 Å². The summed E-state index contributed by atoms with van der Waals surface area (Å²) in [5.74, 6) is -0.583. The zero-order valence-electron chi connectivity index (χ0n) is 10.0. The van der Waals surface area contributed by atoms with Crippen molar-refractivity contribution < 1.29 is 9.59 Å². The molecule has 1 unspecified atom stereocenters. The molecule has 1 atom stereocenters. The highest BCUT2D eigenvalue weighted by Gasteiger charge is 2.42. The van der Waals surface area contributed by atoms with Crippen LogP contribution in [-0.4, -0.2) is 11.8 Å². The quantitative estimate of drug-likeness (QED) is 0.577. The zero-order chi connectivity index (χ0) is 12.4. The molecule has 1 aromatic carbocycles. The molecule has 0 spiro atoms. The highest BCUT2D eigenvalue weighted by atomic mass is 16.2.